The standard InChI is InChI=1S/C22H22N4O3/c1-29-16-10-8-15(9-11-16)24-20-19(7-4-12-23-20)26-22(28)17-13-14-5-2-3-6-18(14)25-21(17)27/h4,7-13H,2-3,5-6H2,1H3,(H,23,24)(H,25,27)(H,26,28). The molecule has 0 fully saturated rings. The zero-order valence-electron chi connectivity index (χ0n) is 16.1. The molecule has 0 atom stereocenters. The number of anilines is 3. The Bertz CT molecular complexity index is 1090. The molecule has 2 heterocycles. The predicted octanol–water partition coefficient (Wildman–Crippen LogP) is 3.65. The summed E-state index contributed by atoms with van der Waals surface area (Å²) in [5.41, 5.74) is 3.03. The van der Waals surface area contributed by atoms with E-state index in [0.29, 0.717) is 11.5 Å². The third kappa shape index (κ3) is 4.13. The smallest absolute Gasteiger partial charge is 0.261 e. The highest BCUT2D eigenvalue weighted by Gasteiger charge is 2.18. The fourth-order valence-electron chi connectivity index (χ4n) is 3.45. The maximum absolute atomic E-state index is 12.8. The summed E-state index contributed by atoms with van der Waals surface area (Å²) < 4.78 is 5.16. The van der Waals surface area contributed by atoms with Gasteiger partial charge < -0.3 is 20.4 Å². The number of benzene rings is 1. The fraction of sp³-hybridized carbons (Fsp3) is 0.227. The molecule has 29 heavy (non-hydrogen) atoms. The van der Waals surface area contributed by atoms with Crippen LogP contribution in [-0.4, -0.2) is 23.0 Å². The molecule has 0 unspecified atom stereocenters. The lowest BCUT2D eigenvalue weighted by atomic mass is 9.95. The summed E-state index contributed by atoms with van der Waals surface area (Å²) in [6.45, 7) is 0. The highest BCUT2D eigenvalue weighted by molar-refractivity contribution is 6.05. The van der Waals surface area contributed by atoms with Crippen LogP contribution in [-0.2, 0) is 12.8 Å². The molecule has 1 aliphatic rings. The average molecular weight is 390 g/mol. The van der Waals surface area contributed by atoms with Gasteiger partial charge in [0.2, 0.25) is 0 Å². The van der Waals surface area contributed by atoms with Gasteiger partial charge in [-0.05, 0) is 73.7 Å². The maximum atomic E-state index is 12.8. The number of nitrogens with zero attached hydrogens (tertiary/aromatic N) is 1. The molecular weight excluding hydrogens is 368 g/mol. The third-order valence-electron chi connectivity index (χ3n) is 4.99. The van der Waals surface area contributed by atoms with Crippen molar-refractivity contribution in [2.24, 2.45) is 0 Å². The van der Waals surface area contributed by atoms with Gasteiger partial charge in [0.15, 0.2) is 5.82 Å². The molecule has 4 rings (SSSR count). The molecule has 1 amide bonds. The van der Waals surface area contributed by atoms with Crippen molar-refractivity contribution in [2.75, 3.05) is 17.7 Å². The number of carbonyl (C=O) groups excluding carboxylic acids is 1. The van der Waals surface area contributed by atoms with Crippen molar-refractivity contribution < 1.29 is 9.53 Å². The van der Waals surface area contributed by atoms with Gasteiger partial charge in [-0.1, -0.05) is 0 Å². The van der Waals surface area contributed by atoms with Crippen LogP contribution in [0.25, 0.3) is 0 Å². The first-order valence-electron chi connectivity index (χ1n) is 9.56. The van der Waals surface area contributed by atoms with E-state index in [1.165, 1.54) is 0 Å². The van der Waals surface area contributed by atoms with E-state index < -0.39 is 5.91 Å². The minimum absolute atomic E-state index is 0.116. The number of fused-ring (bicyclic) bond motifs is 1. The van der Waals surface area contributed by atoms with Crippen molar-refractivity contribution >= 4 is 23.1 Å². The average Bonchev–Trinajstić information content (AvgIpc) is 2.75. The monoisotopic (exact) mass is 390 g/mol. The van der Waals surface area contributed by atoms with E-state index in [0.717, 1.165) is 48.4 Å². The van der Waals surface area contributed by atoms with Crippen molar-refractivity contribution in [3.63, 3.8) is 0 Å². The second-order valence-electron chi connectivity index (χ2n) is 6.93. The van der Waals surface area contributed by atoms with Crippen LogP contribution in [0.5, 0.6) is 5.75 Å². The first-order valence-corrected chi connectivity index (χ1v) is 9.56. The van der Waals surface area contributed by atoms with Crippen LogP contribution in [0.2, 0.25) is 0 Å². The summed E-state index contributed by atoms with van der Waals surface area (Å²) in [7, 11) is 1.61. The summed E-state index contributed by atoms with van der Waals surface area (Å²) in [5, 5.41) is 5.99. The van der Waals surface area contributed by atoms with Gasteiger partial charge in [0.25, 0.3) is 11.5 Å². The van der Waals surface area contributed by atoms with E-state index in [4.69, 9.17) is 4.74 Å². The van der Waals surface area contributed by atoms with E-state index in [-0.39, 0.29) is 11.1 Å². The lowest BCUT2D eigenvalue weighted by Crippen LogP contribution is -2.26. The van der Waals surface area contributed by atoms with Gasteiger partial charge in [-0.3, -0.25) is 9.59 Å². The van der Waals surface area contributed by atoms with Gasteiger partial charge in [-0.25, -0.2) is 4.98 Å². The van der Waals surface area contributed by atoms with Gasteiger partial charge in [-0.15, -0.1) is 0 Å². The Hall–Kier alpha value is -3.61. The van der Waals surface area contributed by atoms with Gasteiger partial charge in [0.1, 0.15) is 11.3 Å². The van der Waals surface area contributed by atoms with Crippen LogP contribution < -0.4 is 20.9 Å². The highest BCUT2D eigenvalue weighted by Crippen LogP contribution is 2.25. The van der Waals surface area contributed by atoms with Crippen molar-refractivity contribution in [3.05, 3.63) is 75.8 Å². The molecule has 148 valence electrons. The Morgan fingerprint density at radius 2 is 1.93 bits per heavy atom. The molecule has 3 N–H and O–H groups in total. The van der Waals surface area contributed by atoms with Crippen molar-refractivity contribution in [1.82, 2.24) is 9.97 Å². The summed E-state index contributed by atoms with van der Waals surface area (Å²) in [6, 6.07) is 12.6. The van der Waals surface area contributed by atoms with Crippen LogP contribution >= 0.6 is 0 Å². The summed E-state index contributed by atoms with van der Waals surface area (Å²) in [5.74, 6) is 0.780. The molecule has 3 aromatic rings. The van der Waals surface area contributed by atoms with Crippen molar-refractivity contribution in [2.45, 2.75) is 25.7 Å². The minimum atomic E-state index is -0.453. The number of hydrogen-bond donors (Lipinski definition) is 3. The van der Waals surface area contributed by atoms with E-state index in [1.807, 2.05) is 24.3 Å². The number of carbonyl (C=O) groups is 1. The molecule has 7 nitrogen and oxygen atoms in total. The topological polar surface area (TPSA) is 96.1 Å². The molecule has 0 spiro atoms. The Morgan fingerprint density at radius 3 is 2.72 bits per heavy atom. The first-order chi connectivity index (χ1) is 14.1. The zero-order valence-corrected chi connectivity index (χ0v) is 16.1. The second-order valence-corrected chi connectivity index (χ2v) is 6.93. The lowest BCUT2D eigenvalue weighted by molar-refractivity contribution is 0.102. The van der Waals surface area contributed by atoms with Gasteiger partial charge in [0.05, 0.1) is 12.8 Å². The number of amides is 1. The zero-order chi connectivity index (χ0) is 20.2. The molecule has 7 heteroatoms. The first kappa shape index (κ1) is 18.7. The van der Waals surface area contributed by atoms with E-state index in [9.17, 15) is 9.59 Å². The highest BCUT2D eigenvalue weighted by atomic mass is 16.5. The van der Waals surface area contributed by atoms with Gasteiger partial charge in [-0.2, -0.15) is 0 Å². The van der Waals surface area contributed by atoms with E-state index in [1.54, 1.807) is 31.5 Å². The largest absolute Gasteiger partial charge is 0.497 e. The molecule has 1 aromatic carbocycles. The molecule has 0 bridgehead atoms. The van der Waals surface area contributed by atoms with Gasteiger partial charge in [0, 0.05) is 17.6 Å². The van der Waals surface area contributed by atoms with Crippen molar-refractivity contribution in [1.29, 1.82) is 0 Å². The number of nitrogens with one attached hydrogen (secondary N) is 3. The third-order valence-corrected chi connectivity index (χ3v) is 4.99. The van der Waals surface area contributed by atoms with Crippen LogP contribution in [0, 0.1) is 0 Å². The fourth-order valence-corrected chi connectivity index (χ4v) is 3.45. The van der Waals surface area contributed by atoms with Gasteiger partial charge >= 0.3 is 0 Å². The number of hydrogen-bond acceptors (Lipinski definition) is 5. The SMILES string of the molecule is COc1ccc(Nc2ncccc2NC(=O)c2cc3c([nH]c2=O)CCCC3)cc1. The maximum Gasteiger partial charge on any atom is 0.261 e. The quantitative estimate of drug-likeness (QED) is 0.618. The molecule has 0 radical (unpaired) electrons. The van der Waals surface area contributed by atoms with Crippen LogP contribution in [0.4, 0.5) is 17.2 Å². The van der Waals surface area contributed by atoms with Crippen LogP contribution in [0.1, 0.15) is 34.5 Å². The number of aromatic nitrogens is 2. The number of aromatic amines is 1. The molecular formula is C22H22N4O3. The van der Waals surface area contributed by atoms with Crippen LogP contribution in [0.15, 0.2) is 53.5 Å². The summed E-state index contributed by atoms with van der Waals surface area (Å²) >= 11 is 0. The molecule has 0 saturated carbocycles. The Balaban J connectivity index is 1.57. The number of aryl methyl sites for hydroxylation is 2. The molecule has 2 aromatic heterocycles. The predicted molar refractivity (Wildman–Crippen MR) is 112 cm³/mol. The molecule has 0 aliphatic heterocycles. The van der Waals surface area contributed by atoms with Crippen molar-refractivity contribution in [3.8, 4) is 5.75 Å². The van der Waals surface area contributed by atoms with Crippen LogP contribution in [0.3, 0.4) is 0 Å². The number of rotatable bonds is 5. The Morgan fingerprint density at radius 1 is 1.14 bits per heavy atom. The number of methoxy groups -OCH3 is 1. The second kappa shape index (κ2) is 8.18. The number of ether oxygens (including phenoxy) is 1. The Kier molecular flexibility index (Phi) is 5.29. The normalized spacial score (nSPS) is 12.7. The molecule has 0 saturated heterocycles. The summed E-state index contributed by atoms with van der Waals surface area (Å²) in [4.78, 5) is 32.4. The number of H-pyrrole nitrogens is 1. The summed E-state index contributed by atoms with van der Waals surface area (Å²) in [6.07, 6.45) is 5.49. The molecule has 1 aliphatic carbocycles. The lowest BCUT2D eigenvalue weighted by Gasteiger charge is -2.16. The van der Waals surface area contributed by atoms with E-state index in [2.05, 4.69) is 20.6 Å². The number of pyridine rings is 2. The Labute approximate surface area is 168 Å². The van der Waals surface area contributed by atoms with E-state index >= 15 is 0 Å². The minimum Gasteiger partial charge on any atom is -0.497 e.